The Balaban J connectivity index is 1.49. The number of amides is 5. The van der Waals surface area contributed by atoms with Crippen molar-refractivity contribution in [1.82, 2.24) is 15.6 Å². The van der Waals surface area contributed by atoms with Gasteiger partial charge in [0.05, 0.1) is 22.5 Å². The number of nitrogens with one attached hydrogen (secondary N) is 3. The van der Waals surface area contributed by atoms with E-state index in [1.54, 1.807) is 6.07 Å². The van der Waals surface area contributed by atoms with Crippen molar-refractivity contribution in [2.75, 3.05) is 10.2 Å². The molecular weight excluding hydrogens is 539 g/mol. The summed E-state index contributed by atoms with van der Waals surface area (Å²) in [5.41, 5.74) is -5.45. The molecule has 4 rings (SSSR count). The van der Waals surface area contributed by atoms with Gasteiger partial charge in [-0.15, -0.1) is 0 Å². The van der Waals surface area contributed by atoms with Crippen LogP contribution in [-0.2, 0) is 27.6 Å². The van der Waals surface area contributed by atoms with Gasteiger partial charge in [0, 0.05) is 19.2 Å². The summed E-state index contributed by atoms with van der Waals surface area (Å²) in [7, 11) is -5.59. The van der Waals surface area contributed by atoms with E-state index in [4.69, 9.17) is 0 Å². The minimum atomic E-state index is -5.59. The molecule has 0 spiro atoms. The van der Waals surface area contributed by atoms with E-state index in [-0.39, 0.29) is 18.7 Å². The second-order valence-corrected chi connectivity index (χ2v) is 10.8. The molecule has 1 aliphatic rings. The average Bonchev–Trinajstić information content (AvgIpc) is 3.11. The minimum absolute atomic E-state index is 0.0641. The van der Waals surface area contributed by atoms with Gasteiger partial charge in [0.25, 0.3) is 15.7 Å². The zero-order chi connectivity index (χ0) is 28.4. The highest BCUT2D eigenvalue weighted by Gasteiger charge is 2.49. The van der Waals surface area contributed by atoms with Crippen LogP contribution in [0.15, 0.2) is 78.0 Å². The smallest absolute Gasteiger partial charge is 0.334 e. The molecule has 0 saturated carbocycles. The number of nitrogens with zero attached hydrogens (tertiary/aromatic N) is 2. The molecule has 1 aromatic heterocycles. The summed E-state index contributed by atoms with van der Waals surface area (Å²) in [6.07, 6.45) is 2.77. The molecule has 1 fully saturated rings. The van der Waals surface area contributed by atoms with Gasteiger partial charge in [0.1, 0.15) is 5.54 Å². The number of urea groups is 2. The van der Waals surface area contributed by atoms with Crippen molar-refractivity contribution in [3.63, 3.8) is 0 Å². The van der Waals surface area contributed by atoms with E-state index < -0.39 is 43.7 Å². The second-order valence-electron chi connectivity index (χ2n) is 8.85. The fourth-order valence-electron chi connectivity index (χ4n) is 3.96. The van der Waals surface area contributed by atoms with Crippen LogP contribution in [0, 0.1) is 0 Å². The lowest BCUT2D eigenvalue weighted by Crippen LogP contribution is -2.46. The standard InChI is InChI=1S/C25H22F3N5O5S/c1-24(13-17-11-12-29-15-20(17)31-22(35)30-14-16-5-3-2-4-6-16)21(34)33(23(36)32-24)18-7-9-19(10-8-18)39(37,38)25(26,27)28/h2-12,15H,13-14H2,1H3,(H,32,36)(H2,30,31,35). The largest absolute Gasteiger partial charge is 0.501 e. The van der Waals surface area contributed by atoms with Crippen LogP contribution in [0.5, 0.6) is 0 Å². The molecule has 1 atom stereocenters. The molecule has 0 bridgehead atoms. The van der Waals surface area contributed by atoms with Gasteiger partial charge in [-0.3, -0.25) is 9.78 Å². The number of imide groups is 1. The zero-order valence-corrected chi connectivity index (χ0v) is 21.1. The molecule has 2 aromatic carbocycles. The fourth-order valence-corrected chi connectivity index (χ4v) is 4.72. The maximum atomic E-state index is 13.3. The van der Waals surface area contributed by atoms with Gasteiger partial charge < -0.3 is 16.0 Å². The van der Waals surface area contributed by atoms with Crippen molar-refractivity contribution in [2.24, 2.45) is 0 Å². The number of hydrogen-bond acceptors (Lipinski definition) is 6. The SMILES string of the molecule is CC1(Cc2ccncc2NC(=O)NCc2ccccc2)NC(=O)N(c2ccc(S(=O)(=O)C(F)(F)F)cc2)C1=O. The van der Waals surface area contributed by atoms with Gasteiger partial charge in [-0.25, -0.2) is 22.9 Å². The highest BCUT2D eigenvalue weighted by molar-refractivity contribution is 7.92. The van der Waals surface area contributed by atoms with E-state index in [0.29, 0.717) is 28.3 Å². The topological polar surface area (TPSA) is 138 Å². The number of hydrogen-bond donors (Lipinski definition) is 3. The second kappa shape index (κ2) is 10.4. The van der Waals surface area contributed by atoms with Crippen LogP contribution in [0.2, 0.25) is 0 Å². The van der Waals surface area contributed by atoms with E-state index >= 15 is 0 Å². The third-order valence-corrected chi connectivity index (χ3v) is 7.47. The van der Waals surface area contributed by atoms with Gasteiger partial charge >= 0.3 is 17.6 Å². The van der Waals surface area contributed by atoms with E-state index in [2.05, 4.69) is 20.9 Å². The molecule has 0 radical (unpaired) electrons. The highest BCUT2D eigenvalue weighted by atomic mass is 32.2. The van der Waals surface area contributed by atoms with Crippen molar-refractivity contribution in [3.8, 4) is 0 Å². The van der Waals surface area contributed by atoms with Crippen LogP contribution >= 0.6 is 0 Å². The van der Waals surface area contributed by atoms with E-state index in [0.717, 1.165) is 17.7 Å². The van der Waals surface area contributed by atoms with E-state index in [1.165, 1.54) is 19.3 Å². The zero-order valence-electron chi connectivity index (χ0n) is 20.3. The molecule has 0 aliphatic carbocycles. The predicted molar refractivity (Wildman–Crippen MR) is 134 cm³/mol. The maximum absolute atomic E-state index is 13.3. The van der Waals surface area contributed by atoms with Crippen molar-refractivity contribution >= 4 is 39.2 Å². The van der Waals surface area contributed by atoms with Crippen molar-refractivity contribution < 1.29 is 36.0 Å². The summed E-state index contributed by atoms with van der Waals surface area (Å²) in [5, 5.41) is 7.95. The normalized spacial score (nSPS) is 17.6. The molecule has 10 nitrogen and oxygen atoms in total. The third-order valence-electron chi connectivity index (χ3n) is 5.97. The van der Waals surface area contributed by atoms with Crippen LogP contribution < -0.4 is 20.9 Å². The Morgan fingerprint density at radius 2 is 1.72 bits per heavy atom. The van der Waals surface area contributed by atoms with Gasteiger partial charge in [-0.1, -0.05) is 30.3 Å². The van der Waals surface area contributed by atoms with E-state index in [9.17, 15) is 36.0 Å². The number of sulfone groups is 1. The third kappa shape index (κ3) is 5.70. The van der Waals surface area contributed by atoms with E-state index in [1.807, 2.05) is 30.3 Å². The maximum Gasteiger partial charge on any atom is 0.501 e. The van der Waals surface area contributed by atoms with Crippen LogP contribution in [0.25, 0.3) is 0 Å². The van der Waals surface area contributed by atoms with Crippen LogP contribution in [0.1, 0.15) is 18.1 Å². The summed E-state index contributed by atoms with van der Waals surface area (Å²) in [6, 6.07) is 12.7. The van der Waals surface area contributed by atoms with Crippen molar-refractivity contribution in [3.05, 3.63) is 84.2 Å². The Bertz CT molecular complexity index is 1520. The minimum Gasteiger partial charge on any atom is -0.334 e. The first-order valence-electron chi connectivity index (χ1n) is 11.4. The number of anilines is 2. The van der Waals surface area contributed by atoms with Gasteiger partial charge in [-0.2, -0.15) is 13.2 Å². The molecule has 1 saturated heterocycles. The number of carbonyl (C=O) groups excluding carboxylic acids is 3. The summed E-state index contributed by atoms with van der Waals surface area (Å²) < 4.78 is 61.7. The molecule has 204 valence electrons. The van der Waals surface area contributed by atoms with Crippen molar-refractivity contribution in [2.45, 2.75) is 35.8 Å². The number of benzene rings is 2. The average molecular weight is 562 g/mol. The van der Waals surface area contributed by atoms with Gasteiger partial charge in [-0.05, 0) is 48.4 Å². The monoisotopic (exact) mass is 561 g/mol. The summed E-state index contributed by atoms with van der Waals surface area (Å²) >= 11 is 0. The van der Waals surface area contributed by atoms with Crippen molar-refractivity contribution in [1.29, 1.82) is 0 Å². The molecule has 39 heavy (non-hydrogen) atoms. The molecule has 1 aliphatic heterocycles. The molecule has 14 heteroatoms. The molecule has 3 aromatic rings. The predicted octanol–water partition coefficient (Wildman–Crippen LogP) is 3.75. The number of halogens is 3. The van der Waals surface area contributed by atoms with Gasteiger partial charge in [0.15, 0.2) is 0 Å². The lowest BCUT2D eigenvalue weighted by Gasteiger charge is -2.23. The van der Waals surface area contributed by atoms with Crippen LogP contribution in [-0.4, -0.2) is 42.4 Å². The Hall–Kier alpha value is -4.46. The Kier molecular flexibility index (Phi) is 7.33. The summed E-state index contributed by atoms with van der Waals surface area (Å²) in [4.78, 5) is 42.2. The summed E-state index contributed by atoms with van der Waals surface area (Å²) in [6.45, 7) is 1.72. The number of pyridine rings is 1. The lowest BCUT2D eigenvalue weighted by atomic mass is 9.92. The Labute approximate surface area is 221 Å². The first-order valence-corrected chi connectivity index (χ1v) is 12.9. The first kappa shape index (κ1) is 27.6. The van der Waals surface area contributed by atoms with Gasteiger partial charge in [0.2, 0.25) is 0 Å². The molecule has 1 unspecified atom stereocenters. The number of carbonyl (C=O) groups is 3. The molecular formula is C25H22F3N5O5S. The number of aromatic nitrogens is 1. The molecule has 3 N–H and O–H groups in total. The number of rotatable bonds is 7. The molecule has 2 heterocycles. The Morgan fingerprint density at radius 1 is 1.05 bits per heavy atom. The number of alkyl halides is 3. The lowest BCUT2D eigenvalue weighted by molar-refractivity contribution is -0.121. The fraction of sp³-hybridized carbons (Fsp3) is 0.200. The summed E-state index contributed by atoms with van der Waals surface area (Å²) in [5.74, 6) is -0.727. The Morgan fingerprint density at radius 3 is 2.36 bits per heavy atom. The first-order chi connectivity index (χ1) is 18.3. The highest BCUT2D eigenvalue weighted by Crippen LogP contribution is 2.33. The quantitative estimate of drug-likeness (QED) is 0.376. The van der Waals surface area contributed by atoms with Crippen LogP contribution in [0.4, 0.5) is 34.1 Å². The molecule has 5 amide bonds. The van der Waals surface area contributed by atoms with Crippen LogP contribution in [0.3, 0.4) is 0 Å².